The summed E-state index contributed by atoms with van der Waals surface area (Å²) in [7, 11) is 0. The monoisotopic (exact) mass is 378 g/mol. The van der Waals surface area contributed by atoms with Crippen LogP contribution in [0.1, 0.15) is 110 Å². The first-order valence-corrected chi connectivity index (χ1v) is 11.4. The molecule has 26 heavy (non-hydrogen) atoms. The predicted octanol–water partition coefficient (Wildman–Crippen LogP) is 8.95. The third-order valence-electron chi connectivity index (χ3n) is 5.40. The Hall–Kier alpha value is -0.490. The van der Waals surface area contributed by atoms with Gasteiger partial charge in [0.15, 0.2) is 0 Å². The average Bonchev–Trinajstić information content (AvgIpc) is 2.55. The molecule has 150 valence electrons. The summed E-state index contributed by atoms with van der Waals surface area (Å²) in [6.45, 7) is 9.09. The number of benzene rings is 1. The predicted molar refractivity (Wildman–Crippen MR) is 119 cm³/mol. The maximum absolute atomic E-state index is 6.22. The van der Waals surface area contributed by atoms with E-state index in [9.17, 15) is 0 Å². The molecule has 0 saturated heterocycles. The van der Waals surface area contributed by atoms with Gasteiger partial charge in [-0.25, -0.2) is 0 Å². The van der Waals surface area contributed by atoms with E-state index in [1.165, 1.54) is 82.6 Å². The SMILES string of the molecule is CC(C)(Cl)CCCCCCCCCCCCC(C)(C)Cc1ccccc1. The zero-order chi connectivity index (χ0) is 19.3. The Kier molecular flexibility index (Phi) is 11.6. The highest BCUT2D eigenvalue weighted by Gasteiger charge is 2.17. The van der Waals surface area contributed by atoms with Gasteiger partial charge in [0, 0.05) is 4.87 Å². The molecule has 0 atom stereocenters. The molecule has 0 radical (unpaired) electrons. The second-order valence-corrected chi connectivity index (χ2v) is 10.6. The first kappa shape index (κ1) is 23.5. The first-order chi connectivity index (χ1) is 12.3. The lowest BCUT2D eigenvalue weighted by molar-refractivity contribution is 0.316. The summed E-state index contributed by atoms with van der Waals surface area (Å²) < 4.78 is 0. The van der Waals surface area contributed by atoms with Gasteiger partial charge in [0.25, 0.3) is 0 Å². The number of rotatable bonds is 15. The van der Waals surface area contributed by atoms with Crippen LogP contribution in [0, 0.1) is 5.41 Å². The van der Waals surface area contributed by atoms with Crippen LogP contribution in [0.2, 0.25) is 0 Å². The van der Waals surface area contributed by atoms with Crippen LogP contribution in [0.15, 0.2) is 30.3 Å². The van der Waals surface area contributed by atoms with Crippen molar-refractivity contribution in [1.82, 2.24) is 0 Å². The van der Waals surface area contributed by atoms with Gasteiger partial charge in [0.05, 0.1) is 0 Å². The molecule has 1 heteroatoms. The fourth-order valence-electron chi connectivity index (χ4n) is 3.80. The van der Waals surface area contributed by atoms with Crippen molar-refractivity contribution in [3.05, 3.63) is 35.9 Å². The maximum atomic E-state index is 6.22. The topological polar surface area (TPSA) is 0 Å². The second-order valence-electron chi connectivity index (χ2n) is 9.58. The van der Waals surface area contributed by atoms with E-state index in [0.717, 1.165) is 6.42 Å². The Bertz CT molecular complexity index is 441. The molecule has 0 bridgehead atoms. The quantitative estimate of drug-likeness (QED) is 0.211. The Morgan fingerprint density at radius 2 is 1.04 bits per heavy atom. The van der Waals surface area contributed by atoms with Crippen LogP contribution >= 0.6 is 11.6 Å². The molecule has 0 aliphatic rings. The lowest BCUT2D eigenvalue weighted by Crippen LogP contribution is -2.14. The summed E-state index contributed by atoms with van der Waals surface area (Å²) in [5.74, 6) is 0. The molecule has 1 aromatic rings. The number of unbranched alkanes of at least 4 members (excludes halogenated alkanes) is 9. The first-order valence-electron chi connectivity index (χ1n) is 11.0. The van der Waals surface area contributed by atoms with E-state index in [0.29, 0.717) is 5.41 Å². The minimum absolute atomic E-state index is 0.00430. The molecule has 0 nitrogen and oxygen atoms in total. The van der Waals surface area contributed by atoms with Gasteiger partial charge in [0.2, 0.25) is 0 Å². The van der Waals surface area contributed by atoms with Crippen molar-refractivity contribution < 1.29 is 0 Å². The van der Waals surface area contributed by atoms with Crippen molar-refractivity contribution in [1.29, 1.82) is 0 Å². The van der Waals surface area contributed by atoms with E-state index in [-0.39, 0.29) is 4.87 Å². The molecular weight excluding hydrogens is 336 g/mol. The van der Waals surface area contributed by atoms with Crippen LogP contribution in [0.4, 0.5) is 0 Å². The molecule has 0 spiro atoms. The molecule has 0 aromatic heterocycles. The minimum atomic E-state index is -0.00430. The van der Waals surface area contributed by atoms with Crippen LogP contribution in [0.5, 0.6) is 0 Å². The molecule has 0 heterocycles. The van der Waals surface area contributed by atoms with Crippen molar-refractivity contribution >= 4 is 11.6 Å². The maximum Gasteiger partial charge on any atom is 0.0390 e. The third-order valence-corrected chi connectivity index (χ3v) is 5.59. The van der Waals surface area contributed by atoms with Crippen LogP contribution in [0.25, 0.3) is 0 Å². The summed E-state index contributed by atoms with van der Waals surface area (Å²) in [5, 5.41) is 0. The molecule has 1 aromatic carbocycles. The number of alkyl halides is 1. The van der Waals surface area contributed by atoms with Crippen molar-refractivity contribution in [2.45, 2.75) is 116 Å². The highest BCUT2D eigenvalue weighted by molar-refractivity contribution is 6.23. The summed E-state index contributed by atoms with van der Waals surface area (Å²) in [4.78, 5) is -0.00430. The van der Waals surface area contributed by atoms with Gasteiger partial charge < -0.3 is 0 Å². The molecular formula is C25H43Cl. The Balaban J connectivity index is 1.91. The fourth-order valence-corrected chi connectivity index (χ4v) is 3.93. The van der Waals surface area contributed by atoms with Crippen molar-refractivity contribution in [2.24, 2.45) is 5.41 Å². The normalized spacial score (nSPS) is 12.5. The lowest BCUT2D eigenvalue weighted by atomic mass is 9.81. The largest absolute Gasteiger partial charge is 0.120 e. The summed E-state index contributed by atoms with van der Waals surface area (Å²) in [5.41, 5.74) is 1.91. The van der Waals surface area contributed by atoms with Crippen LogP contribution in [-0.4, -0.2) is 4.87 Å². The van der Waals surface area contributed by atoms with E-state index in [2.05, 4.69) is 58.0 Å². The molecule has 0 unspecified atom stereocenters. The Labute approximate surface area is 169 Å². The van der Waals surface area contributed by atoms with Gasteiger partial charge in [-0.15, -0.1) is 11.6 Å². The van der Waals surface area contributed by atoms with E-state index < -0.39 is 0 Å². The number of halogens is 1. The summed E-state index contributed by atoms with van der Waals surface area (Å²) >= 11 is 6.22. The summed E-state index contributed by atoms with van der Waals surface area (Å²) in [6.07, 6.45) is 17.6. The van der Waals surface area contributed by atoms with Gasteiger partial charge in [-0.1, -0.05) is 108 Å². The van der Waals surface area contributed by atoms with Gasteiger partial charge in [0.1, 0.15) is 0 Å². The van der Waals surface area contributed by atoms with Crippen molar-refractivity contribution in [3.63, 3.8) is 0 Å². The minimum Gasteiger partial charge on any atom is -0.120 e. The van der Waals surface area contributed by atoms with Crippen LogP contribution in [-0.2, 0) is 6.42 Å². The summed E-state index contributed by atoms with van der Waals surface area (Å²) in [6, 6.07) is 10.9. The standard InChI is InChI=1S/C25H43Cl/c1-24(2,22-23-18-14-13-15-19-23)20-16-11-9-7-5-6-8-10-12-17-21-25(3,4)26/h13-15,18-19H,5-12,16-17,20-22H2,1-4H3. The van der Waals surface area contributed by atoms with Crippen molar-refractivity contribution in [2.75, 3.05) is 0 Å². The van der Waals surface area contributed by atoms with E-state index in [1.807, 2.05) is 0 Å². The van der Waals surface area contributed by atoms with E-state index >= 15 is 0 Å². The van der Waals surface area contributed by atoms with Gasteiger partial charge in [-0.2, -0.15) is 0 Å². The van der Waals surface area contributed by atoms with Crippen LogP contribution < -0.4 is 0 Å². The average molecular weight is 379 g/mol. The number of hydrogen-bond donors (Lipinski definition) is 0. The van der Waals surface area contributed by atoms with E-state index in [4.69, 9.17) is 11.6 Å². The molecule has 0 saturated carbocycles. The van der Waals surface area contributed by atoms with Crippen LogP contribution in [0.3, 0.4) is 0 Å². The Morgan fingerprint density at radius 3 is 1.50 bits per heavy atom. The molecule has 0 aliphatic heterocycles. The van der Waals surface area contributed by atoms with Gasteiger partial charge >= 0.3 is 0 Å². The smallest absolute Gasteiger partial charge is 0.0390 e. The molecule has 0 amide bonds. The fraction of sp³-hybridized carbons (Fsp3) is 0.760. The zero-order valence-electron chi connectivity index (χ0n) is 18.0. The van der Waals surface area contributed by atoms with Gasteiger partial charge in [-0.3, -0.25) is 0 Å². The molecule has 0 N–H and O–H groups in total. The lowest BCUT2D eigenvalue weighted by Gasteiger charge is -2.24. The Morgan fingerprint density at radius 1 is 0.615 bits per heavy atom. The molecule has 0 aliphatic carbocycles. The highest BCUT2D eigenvalue weighted by atomic mass is 35.5. The number of hydrogen-bond acceptors (Lipinski definition) is 0. The molecule has 1 rings (SSSR count). The third kappa shape index (κ3) is 13.7. The zero-order valence-corrected chi connectivity index (χ0v) is 18.7. The molecule has 0 fully saturated rings. The van der Waals surface area contributed by atoms with E-state index in [1.54, 1.807) is 0 Å². The second kappa shape index (κ2) is 12.8. The highest BCUT2D eigenvalue weighted by Crippen LogP contribution is 2.28. The van der Waals surface area contributed by atoms with Gasteiger partial charge in [-0.05, 0) is 44.1 Å². The van der Waals surface area contributed by atoms with Crippen molar-refractivity contribution in [3.8, 4) is 0 Å².